The van der Waals surface area contributed by atoms with E-state index in [2.05, 4.69) is 15.4 Å². The summed E-state index contributed by atoms with van der Waals surface area (Å²) in [7, 11) is -3.74. The standard InChI is InChI=1S/C22H27N5O4S/c1-14(2)27-21-18(10-24-27)8-19(11-23-21)25-22(28)17-6-5-7-20(9-17)32(29,30)26-12-15(3)31-16(4)13-26/h5-11,14-16H,12-13H2,1-4H3,(H,25,28)/t15-,16-/m0/s1. The highest BCUT2D eigenvalue weighted by Crippen LogP contribution is 2.23. The average Bonchev–Trinajstić information content (AvgIpc) is 3.16. The van der Waals surface area contributed by atoms with E-state index >= 15 is 0 Å². The molecule has 1 N–H and O–H groups in total. The predicted molar refractivity (Wildman–Crippen MR) is 121 cm³/mol. The van der Waals surface area contributed by atoms with E-state index in [4.69, 9.17) is 4.74 Å². The van der Waals surface area contributed by atoms with Crippen LogP contribution >= 0.6 is 0 Å². The number of rotatable bonds is 5. The van der Waals surface area contributed by atoms with Gasteiger partial charge in [-0.15, -0.1) is 0 Å². The fourth-order valence-electron chi connectivity index (χ4n) is 3.86. The molecular weight excluding hydrogens is 430 g/mol. The molecule has 1 aliphatic heterocycles. The minimum Gasteiger partial charge on any atom is -0.373 e. The Labute approximate surface area is 187 Å². The Kier molecular flexibility index (Phi) is 6.02. The molecule has 3 heterocycles. The van der Waals surface area contributed by atoms with Gasteiger partial charge in [-0.2, -0.15) is 9.40 Å². The molecule has 0 saturated carbocycles. The van der Waals surface area contributed by atoms with Crippen molar-refractivity contribution >= 4 is 32.7 Å². The molecule has 0 unspecified atom stereocenters. The number of nitrogens with zero attached hydrogens (tertiary/aromatic N) is 4. The molecule has 0 spiro atoms. The lowest BCUT2D eigenvalue weighted by Crippen LogP contribution is -2.48. The SMILES string of the molecule is CC(C)n1ncc2cc(NC(=O)c3cccc(S(=O)(=O)N4C[C@H](C)O[C@@H](C)C4)c3)cnc21. The summed E-state index contributed by atoms with van der Waals surface area (Å²) in [6.07, 6.45) is 2.89. The summed E-state index contributed by atoms with van der Waals surface area (Å²) < 4.78 is 35.1. The largest absolute Gasteiger partial charge is 0.373 e. The van der Waals surface area contributed by atoms with Gasteiger partial charge in [0.15, 0.2) is 5.65 Å². The van der Waals surface area contributed by atoms with Crippen molar-refractivity contribution in [2.45, 2.75) is 50.8 Å². The van der Waals surface area contributed by atoms with Gasteiger partial charge in [-0.05, 0) is 52.0 Å². The number of fused-ring (bicyclic) bond motifs is 1. The Balaban J connectivity index is 1.55. The summed E-state index contributed by atoms with van der Waals surface area (Å²) in [6, 6.07) is 8.03. The van der Waals surface area contributed by atoms with E-state index < -0.39 is 15.9 Å². The molecule has 10 heteroatoms. The first-order valence-electron chi connectivity index (χ1n) is 10.6. The summed E-state index contributed by atoms with van der Waals surface area (Å²) in [5.41, 5.74) is 1.49. The lowest BCUT2D eigenvalue weighted by Gasteiger charge is -2.34. The lowest BCUT2D eigenvalue weighted by molar-refractivity contribution is -0.0440. The number of aromatic nitrogens is 3. The maximum absolute atomic E-state index is 13.1. The molecule has 2 aromatic heterocycles. The molecule has 170 valence electrons. The molecule has 0 aliphatic carbocycles. The predicted octanol–water partition coefficient (Wildman–Crippen LogP) is 3.06. The van der Waals surface area contributed by atoms with Gasteiger partial charge in [-0.1, -0.05) is 6.07 Å². The molecule has 1 aromatic carbocycles. The van der Waals surface area contributed by atoms with E-state index in [0.717, 1.165) is 11.0 Å². The molecule has 1 fully saturated rings. The maximum Gasteiger partial charge on any atom is 0.255 e. The second kappa shape index (κ2) is 8.61. The highest BCUT2D eigenvalue weighted by Gasteiger charge is 2.32. The van der Waals surface area contributed by atoms with Gasteiger partial charge in [0.1, 0.15) is 0 Å². The highest BCUT2D eigenvalue weighted by atomic mass is 32.2. The second-order valence-electron chi connectivity index (χ2n) is 8.38. The number of carbonyl (C=O) groups is 1. The molecule has 32 heavy (non-hydrogen) atoms. The van der Waals surface area contributed by atoms with Crippen molar-refractivity contribution in [2.24, 2.45) is 0 Å². The number of pyridine rings is 1. The Morgan fingerprint density at radius 3 is 2.56 bits per heavy atom. The minimum absolute atomic E-state index is 0.0817. The number of carbonyl (C=O) groups excluding carboxylic acids is 1. The monoisotopic (exact) mass is 457 g/mol. The van der Waals surface area contributed by atoms with Crippen LogP contribution in [-0.4, -0.2) is 58.7 Å². The van der Waals surface area contributed by atoms with E-state index in [0.29, 0.717) is 5.69 Å². The van der Waals surface area contributed by atoms with Gasteiger partial charge in [0, 0.05) is 30.1 Å². The lowest BCUT2D eigenvalue weighted by atomic mass is 10.2. The number of nitrogens with one attached hydrogen (secondary N) is 1. The van der Waals surface area contributed by atoms with E-state index in [-0.39, 0.29) is 41.8 Å². The van der Waals surface area contributed by atoms with Crippen molar-refractivity contribution in [3.63, 3.8) is 0 Å². The number of anilines is 1. The number of morpholine rings is 1. The quantitative estimate of drug-likeness (QED) is 0.631. The van der Waals surface area contributed by atoms with E-state index in [9.17, 15) is 13.2 Å². The van der Waals surface area contributed by atoms with Gasteiger partial charge in [0.2, 0.25) is 10.0 Å². The Morgan fingerprint density at radius 1 is 1.16 bits per heavy atom. The second-order valence-corrected chi connectivity index (χ2v) is 10.3. The molecule has 1 saturated heterocycles. The fraction of sp³-hybridized carbons (Fsp3) is 0.409. The fourth-order valence-corrected chi connectivity index (χ4v) is 5.50. The van der Waals surface area contributed by atoms with Crippen LogP contribution in [-0.2, 0) is 14.8 Å². The summed E-state index contributed by atoms with van der Waals surface area (Å²) in [4.78, 5) is 17.3. The van der Waals surface area contributed by atoms with Gasteiger partial charge in [0.05, 0.1) is 35.2 Å². The van der Waals surface area contributed by atoms with Gasteiger partial charge >= 0.3 is 0 Å². The summed E-state index contributed by atoms with van der Waals surface area (Å²) in [6.45, 7) is 8.28. The van der Waals surface area contributed by atoms with Crippen LogP contribution in [0.1, 0.15) is 44.1 Å². The molecule has 9 nitrogen and oxygen atoms in total. The maximum atomic E-state index is 13.1. The highest BCUT2D eigenvalue weighted by molar-refractivity contribution is 7.89. The van der Waals surface area contributed by atoms with Crippen molar-refractivity contribution in [3.8, 4) is 0 Å². The third kappa shape index (κ3) is 4.38. The minimum atomic E-state index is -3.74. The molecule has 1 aliphatic rings. The smallest absolute Gasteiger partial charge is 0.255 e. The van der Waals surface area contributed by atoms with E-state index in [1.165, 1.54) is 16.4 Å². The van der Waals surface area contributed by atoms with Crippen LogP contribution < -0.4 is 5.32 Å². The summed E-state index contributed by atoms with van der Waals surface area (Å²) >= 11 is 0. The molecule has 0 bridgehead atoms. The van der Waals surface area contributed by atoms with Crippen LogP contribution in [0.4, 0.5) is 5.69 Å². The van der Waals surface area contributed by atoms with Gasteiger partial charge in [-0.3, -0.25) is 4.79 Å². The molecule has 1 amide bonds. The van der Waals surface area contributed by atoms with Crippen LogP contribution in [0.25, 0.3) is 11.0 Å². The Bertz CT molecular complexity index is 1240. The average molecular weight is 458 g/mol. The first-order chi connectivity index (χ1) is 15.1. The van der Waals surface area contributed by atoms with Gasteiger partial charge in [0.25, 0.3) is 5.91 Å². The number of hydrogen-bond donors (Lipinski definition) is 1. The third-order valence-corrected chi connectivity index (χ3v) is 7.13. The van der Waals surface area contributed by atoms with Crippen molar-refractivity contribution in [2.75, 3.05) is 18.4 Å². The van der Waals surface area contributed by atoms with Gasteiger partial charge in [-0.25, -0.2) is 18.1 Å². The first-order valence-corrected chi connectivity index (χ1v) is 12.0. The topological polar surface area (TPSA) is 106 Å². The van der Waals surface area contributed by atoms with Crippen LogP contribution in [0.5, 0.6) is 0 Å². The number of amides is 1. The Hall–Kier alpha value is -2.82. The van der Waals surface area contributed by atoms with Crippen LogP contribution in [0.2, 0.25) is 0 Å². The zero-order valence-electron chi connectivity index (χ0n) is 18.5. The number of sulfonamides is 1. The Morgan fingerprint density at radius 2 is 1.88 bits per heavy atom. The van der Waals surface area contributed by atoms with Crippen molar-refractivity contribution in [1.82, 2.24) is 19.1 Å². The first kappa shape index (κ1) is 22.4. The van der Waals surface area contributed by atoms with Crippen LogP contribution in [0.15, 0.2) is 47.6 Å². The summed E-state index contributed by atoms with van der Waals surface area (Å²) in [5, 5.41) is 7.93. The van der Waals surface area contributed by atoms with Crippen molar-refractivity contribution < 1.29 is 17.9 Å². The summed E-state index contributed by atoms with van der Waals surface area (Å²) in [5.74, 6) is -0.414. The normalized spacial score (nSPS) is 20.0. The van der Waals surface area contributed by atoms with E-state index in [1.807, 2.05) is 32.4 Å². The zero-order chi connectivity index (χ0) is 23.0. The molecular formula is C22H27N5O4S. The number of ether oxygens (including phenoxy) is 1. The van der Waals surface area contributed by atoms with Crippen LogP contribution in [0.3, 0.4) is 0 Å². The van der Waals surface area contributed by atoms with E-state index in [1.54, 1.807) is 30.6 Å². The third-order valence-electron chi connectivity index (χ3n) is 5.30. The number of hydrogen-bond acceptors (Lipinski definition) is 6. The molecule has 3 aromatic rings. The molecule has 0 radical (unpaired) electrons. The molecule has 2 atom stereocenters. The zero-order valence-corrected chi connectivity index (χ0v) is 19.3. The molecule has 4 rings (SSSR count). The van der Waals surface area contributed by atoms with Crippen LogP contribution in [0, 0.1) is 0 Å². The van der Waals surface area contributed by atoms with Gasteiger partial charge < -0.3 is 10.1 Å². The van der Waals surface area contributed by atoms with Crippen molar-refractivity contribution in [3.05, 3.63) is 48.3 Å². The van der Waals surface area contributed by atoms with Crippen molar-refractivity contribution in [1.29, 1.82) is 0 Å². The number of benzene rings is 1.